The zero-order valence-electron chi connectivity index (χ0n) is 15.8. The lowest BCUT2D eigenvalue weighted by Gasteiger charge is -2.21. The van der Waals surface area contributed by atoms with Crippen molar-refractivity contribution in [1.29, 1.82) is 0 Å². The van der Waals surface area contributed by atoms with Gasteiger partial charge in [-0.2, -0.15) is 0 Å². The van der Waals surface area contributed by atoms with E-state index in [-0.39, 0.29) is 5.78 Å². The monoisotopic (exact) mass is 454 g/mol. The molecule has 0 bridgehead atoms. The third-order valence-corrected chi connectivity index (χ3v) is 4.90. The molecule has 146 valence electrons. The van der Waals surface area contributed by atoms with E-state index in [1.807, 2.05) is 18.2 Å². The maximum Gasteiger partial charge on any atom is 0.205 e. The lowest BCUT2D eigenvalue weighted by atomic mass is 10.0. The van der Waals surface area contributed by atoms with Crippen LogP contribution in [-0.2, 0) is 6.42 Å². The third kappa shape index (κ3) is 5.39. The lowest BCUT2D eigenvalue weighted by molar-refractivity contribution is 0.101. The number of carbonyl (C=O) groups excluding carboxylic acids is 1. The van der Waals surface area contributed by atoms with Gasteiger partial charge in [0.2, 0.25) is 5.75 Å². The van der Waals surface area contributed by atoms with Crippen molar-refractivity contribution in [2.24, 2.45) is 0 Å². The van der Waals surface area contributed by atoms with Crippen LogP contribution in [0.4, 0.5) is 0 Å². The predicted molar refractivity (Wildman–Crippen MR) is 112 cm³/mol. The molecule has 0 fully saturated rings. The Labute approximate surface area is 173 Å². The van der Waals surface area contributed by atoms with Crippen molar-refractivity contribution in [3.63, 3.8) is 0 Å². The Bertz CT molecular complexity index is 778. The molecule has 0 saturated heterocycles. The van der Waals surface area contributed by atoms with Gasteiger partial charge in [-0.1, -0.05) is 57.9 Å². The summed E-state index contributed by atoms with van der Waals surface area (Å²) in [6.07, 6.45) is 1.70. The van der Waals surface area contributed by atoms with E-state index in [2.05, 4.69) is 28.1 Å². The van der Waals surface area contributed by atoms with Gasteiger partial charge in [0.05, 0.1) is 30.9 Å². The summed E-state index contributed by atoms with van der Waals surface area (Å²) in [5.74, 6) is 1.03. The van der Waals surface area contributed by atoms with Gasteiger partial charge in [0, 0.05) is 5.33 Å². The zero-order chi connectivity index (χ0) is 19.8. The van der Waals surface area contributed by atoms with Crippen molar-refractivity contribution in [1.82, 2.24) is 0 Å². The molecule has 0 heterocycles. The maximum absolute atomic E-state index is 12.2. The second-order valence-corrected chi connectivity index (χ2v) is 7.21. The Balaban J connectivity index is 2.29. The highest BCUT2D eigenvalue weighted by Crippen LogP contribution is 2.48. The van der Waals surface area contributed by atoms with Gasteiger partial charge in [0.1, 0.15) is 0 Å². The van der Waals surface area contributed by atoms with Crippen LogP contribution in [0.25, 0.3) is 0 Å². The summed E-state index contributed by atoms with van der Waals surface area (Å²) in [5, 5.41) is 0.994. The second kappa shape index (κ2) is 10.6. The van der Waals surface area contributed by atoms with Gasteiger partial charge < -0.3 is 14.2 Å². The van der Waals surface area contributed by atoms with Gasteiger partial charge in [0.25, 0.3) is 0 Å². The summed E-state index contributed by atoms with van der Waals surface area (Å²) >= 11 is 9.78. The predicted octanol–water partition coefficient (Wildman–Crippen LogP) is 5.64. The van der Waals surface area contributed by atoms with Crippen molar-refractivity contribution >= 4 is 33.3 Å². The van der Waals surface area contributed by atoms with Gasteiger partial charge >= 0.3 is 0 Å². The summed E-state index contributed by atoms with van der Waals surface area (Å²) in [6.45, 7) is 4.12. The van der Waals surface area contributed by atoms with Crippen molar-refractivity contribution in [3.8, 4) is 17.2 Å². The minimum atomic E-state index is -0.129. The number of hydrogen-bond acceptors (Lipinski definition) is 4. The highest BCUT2D eigenvalue weighted by molar-refractivity contribution is 9.09. The van der Waals surface area contributed by atoms with E-state index < -0.39 is 0 Å². The number of alkyl halides is 1. The molecule has 0 atom stereocenters. The van der Waals surface area contributed by atoms with Crippen LogP contribution in [0.15, 0.2) is 30.3 Å². The van der Waals surface area contributed by atoms with E-state index >= 15 is 0 Å². The average molecular weight is 456 g/mol. The zero-order valence-corrected chi connectivity index (χ0v) is 18.2. The molecule has 0 saturated carbocycles. The molecule has 0 N–H and O–H groups in total. The number of ketones is 1. The van der Waals surface area contributed by atoms with E-state index in [1.54, 1.807) is 6.92 Å². The van der Waals surface area contributed by atoms with Gasteiger partial charge in [-0.05, 0) is 37.8 Å². The Kier molecular flexibility index (Phi) is 8.45. The number of ether oxygens (including phenoxy) is 3. The van der Waals surface area contributed by atoms with Crippen LogP contribution < -0.4 is 14.2 Å². The summed E-state index contributed by atoms with van der Waals surface area (Å²) < 4.78 is 17.3. The van der Waals surface area contributed by atoms with Crippen LogP contribution in [-0.4, -0.2) is 31.4 Å². The number of carbonyl (C=O) groups is 1. The SMILES string of the molecule is COc1c(Cl)c(C)c(C(C)=O)c(OCCBr)c1OCCCc1ccccc1. The van der Waals surface area contributed by atoms with E-state index in [0.29, 0.717) is 51.9 Å². The molecule has 2 rings (SSSR count). The number of hydrogen-bond donors (Lipinski definition) is 0. The average Bonchev–Trinajstić information content (AvgIpc) is 2.66. The minimum Gasteiger partial charge on any atom is -0.491 e. The van der Waals surface area contributed by atoms with Crippen LogP contribution in [0.3, 0.4) is 0 Å². The number of Topliss-reactive ketones (excluding diaryl/α,β-unsaturated/α-hetero) is 1. The second-order valence-electron chi connectivity index (χ2n) is 6.04. The molecule has 6 heteroatoms. The molecule has 0 unspecified atom stereocenters. The molecule has 2 aromatic carbocycles. The molecule has 27 heavy (non-hydrogen) atoms. The molecule has 0 spiro atoms. The van der Waals surface area contributed by atoms with Crippen molar-refractivity contribution in [2.45, 2.75) is 26.7 Å². The van der Waals surface area contributed by atoms with Crippen LogP contribution >= 0.6 is 27.5 Å². The Morgan fingerprint density at radius 1 is 1.07 bits per heavy atom. The lowest BCUT2D eigenvalue weighted by Crippen LogP contribution is -2.11. The highest BCUT2D eigenvalue weighted by atomic mass is 79.9. The Morgan fingerprint density at radius 2 is 1.74 bits per heavy atom. The molecular formula is C21H24BrClO4. The summed E-state index contributed by atoms with van der Waals surface area (Å²) in [4.78, 5) is 12.2. The first-order valence-electron chi connectivity index (χ1n) is 8.77. The number of rotatable bonds is 10. The van der Waals surface area contributed by atoms with Gasteiger partial charge in [-0.15, -0.1) is 0 Å². The summed E-state index contributed by atoms with van der Waals surface area (Å²) in [6, 6.07) is 10.2. The van der Waals surface area contributed by atoms with Crippen molar-refractivity contribution < 1.29 is 19.0 Å². The summed E-state index contributed by atoms with van der Waals surface area (Å²) in [5.41, 5.74) is 2.30. The molecular weight excluding hydrogens is 432 g/mol. The molecule has 0 aliphatic rings. The third-order valence-electron chi connectivity index (χ3n) is 4.12. The molecule has 0 aliphatic heterocycles. The van der Waals surface area contributed by atoms with Gasteiger partial charge in [0.15, 0.2) is 17.3 Å². The first-order valence-corrected chi connectivity index (χ1v) is 10.3. The van der Waals surface area contributed by atoms with Gasteiger partial charge in [-0.3, -0.25) is 4.79 Å². The maximum atomic E-state index is 12.2. The van der Waals surface area contributed by atoms with E-state index in [4.69, 9.17) is 25.8 Å². The molecule has 0 amide bonds. The highest BCUT2D eigenvalue weighted by Gasteiger charge is 2.26. The smallest absolute Gasteiger partial charge is 0.205 e. The van der Waals surface area contributed by atoms with E-state index in [0.717, 1.165) is 12.8 Å². The standard InChI is InChI=1S/C21H24BrClO4/c1-14-17(15(2)24)19(27-13-11-22)21(20(25-3)18(14)23)26-12-7-10-16-8-5-4-6-9-16/h4-6,8-9H,7,10-13H2,1-3H3. The van der Waals surface area contributed by atoms with Crippen LogP contribution in [0.5, 0.6) is 17.2 Å². The van der Waals surface area contributed by atoms with Crippen LogP contribution in [0.1, 0.15) is 34.8 Å². The minimum absolute atomic E-state index is 0.129. The molecule has 0 radical (unpaired) electrons. The number of methoxy groups -OCH3 is 1. The molecule has 4 nitrogen and oxygen atoms in total. The van der Waals surface area contributed by atoms with Crippen LogP contribution in [0, 0.1) is 6.92 Å². The topological polar surface area (TPSA) is 44.8 Å². The number of aryl methyl sites for hydroxylation is 1. The fourth-order valence-electron chi connectivity index (χ4n) is 2.88. The van der Waals surface area contributed by atoms with Crippen LogP contribution in [0.2, 0.25) is 5.02 Å². The van der Waals surface area contributed by atoms with E-state index in [1.165, 1.54) is 19.6 Å². The fourth-order valence-corrected chi connectivity index (χ4v) is 3.30. The van der Waals surface area contributed by atoms with Crippen molar-refractivity contribution in [2.75, 3.05) is 25.7 Å². The van der Waals surface area contributed by atoms with Gasteiger partial charge in [-0.25, -0.2) is 0 Å². The van der Waals surface area contributed by atoms with Crippen molar-refractivity contribution in [3.05, 3.63) is 52.0 Å². The fraction of sp³-hybridized carbons (Fsp3) is 0.381. The molecule has 2 aromatic rings. The Hall–Kier alpha value is -1.72. The summed E-state index contributed by atoms with van der Waals surface area (Å²) in [7, 11) is 1.53. The molecule has 0 aromatic heterocycles. The number of benzene rings is 2. The molecule has 0 aliphatic carbocycles. The first kappa shape index (κ1) is 21.6. The van der Waals surface area contributed by atoms with E-state index in [9.17, 15) is 4.79 Å². The first-order chi connectivity index (χ1) is 13.0. The number of halogens is 2. The normalized spacial score (nSPS) is 10.6. The Morgan fingerprint density at radius 3 is 2.33 bits per heavy atom. The largest absolute Gasteiger partial charge is 0.491 e. The quantitative estimate of drug-likeness (QED) is 0.264.